The minimum absolute atomic E-state index is 0.884. The Morgan fingerprint density at radius 3 is 2.74 bits per heavy atom. The van der Waals surface area contributed by atoms with E-state index in [-0.39, 0.29) is 0 Å². The summed E-state index contributed by atoms with van der Waals surface area (Å²) in [5, 5.41) is 3.41. The Kier molecular flexibility index (Phi) is 7.41. The third kappa shape index (κ3) is 5.55. The predicted molar refractivity (Wildman–Crippen MR) is 87.0 cm³/mol. The highest BCUT2D eigenvalue weighted by Crippen LogP contribution is 2.09. The van der Waals surface area contributed by atoms with Crippen LogP contribution in [0.25, 0.3) is 0 Å². The van der Waals surface area contributed by atoms with Crippen molar-refractivity contribution < 1.29 is 0 Å². The van der Waals surface area contributed by atoms with Gasteiger partial charge in [0.2, 0.25) is 0 Å². The van der Waals surface area contributed by atoms with E-state index in [0.29, 0.717) is 0 Å². The van der Waals surface area contributed by atoms with Crippen LogP contribution in [0.4, 0.5) is 0 Å². The first-order valence-corrected chi connectivity index (χ1v) is 8.03. The second-order valence-corrected chi connectivity index (χ2v) is 5.59. The lowest BCUT2D eigenvalue weighted by Crippen LogP contribution is -2.39. The molecule has 1 rings (SSSR count). The molecule has 0 radical (unpaired) electrons. The zero-order valence-electron chi connectivity index (χ0n) is 12.4. The van der Waals surface area contributed by atoms with Gasteiger partial charge in [0.1, 0.15) is 0 Å². The molecule has 0 saturated carbocycles. The van der Waals surface area contributed by atoms with Gasteiger partial charge in [-0.25, -0.2) is 0 Å². The quantitative estimate of drug-likeness (QED) is 0.493. The summed E-state index contributed by atoms with van der Waals surface area (Å²) in [4.78, 5) is 6.50. The maximum Gasteiger partial charge on any atom is 0.193 e. The highest BCUT2D eigenvalue weighted by molar-refractivity contribution is 7.98. The largest absolute Gasteiger partial charge is 0.356 e. The summed E-state index contributed by atoms with van der Waals surface area (Å²) in [6.07, 6.45) is 3.30. The molecule has 0 spiro atoms. The molecule has 0 heterocycles. The Labute approximate surface area is 121 Å². The second kappa shape index (κ2) is 8.86. The number of nitrogens with one attached hydrogen (secondary N) is 1. The Balaban J connectivity index is 2.50. The minimum atomic E-state index is 0.884. The molecule has 0 fully saturated rings. The zero-order valence-corrected chi connectivity index (χ0v) is 13.3. The standard InChI is InChI=1S/C15H25N3S/c1-13-8-5-6-9-14(13)12-18(3)15(16-2)17-10-7-11-19-4/h5-6,8-9H,7,10-12H2,1-4H3,(H,16,17). The summed E-state index contributed by atoms with van der Waals surface area (Å²) in [7, 11) is 3.92. The first-order chi connectivity index (χ1) is 9.19. The van der Waals surface area contributed by atoms with Crippen LogP contribution in [0.3, 0.4) is 0 Å². The van der Waals surface area contributed by atoms with Crippen molar-refractivity contribution >= 4 is 17.7 Å². The van der Waals surface area contributed by atoms with E-state index in [1.54, 1.807) is 0 Å². The van der Waals surface area contributed by atoms with Crippen molar-refractivity contribution in [1.29, 1.82) is 0 Å². The maximum atomic E-state index is 4.34. The van der Waals surface area contributed by atoms with Crippen LogP contribution in [0.15, 0.2) is 29.3 Å². The normalized spacial score (nSPS) is 11.5. The smallest absolute Gasteiger partial charge is 0.193 e. The molecule has 0 bridgehead atoms. The van der Waals surface area contributed by atoms with Gasteiger partial charge in [-0.15, -0.1) is 0 Å². The molecule has 0 aromatic heterocycles. The van der Waals surface area contributed by atoms with Crippen molar-refractivity contribution in [2.45, 2.75) is 19.9 Å². The summed E-state index contributed by atoms with van der Waals surface area (Å²) in [5.74, 6) is 2.15. The van der Waals surface area contributed by atoms with Gasteiger partial charge in [0.15, 0.2) is 5.96 Å². The fraction of sp³-hybridized carbons (Fsp3) is 0.533. The molecule has 4 heteroatoms. The van der Waals surface area contributed by atoms with Gasteiger partial charge in [-0.3, -0.25) is 4.99 Å². The van der Waals surface area contributed by atoms with Crippen molar-refractivity contribution in [2.24, 2.45) is 4.99 Å². The minimum Gasteiger partial charge on any atom is -0.356 e. The molecule has 0 amide bonds. The van der Waals surface area contributed by atoms with Gasteiger partial charge in [-0.05, 0) is 36.5 Å². The van der Waals surface area contributed by atoms with Gasteiger partial charge >= 0.3 is 0 Å². The molecule has 0 unspecified atom stereocenters. The van der Waals surface area contributed by atoms with E-state index in [2.05, 4.69) is 59.7 Å². The third-order valence-electron chi connectivity index (χ3n) is 3.05. The summed E-state index contributed by atoms with van der Waals surface area (Å²) < 4.78 is 0. The van der Waals surface area contributed by atoms with Crippen LogP contribution in [0, 0.1) is 6.92 Å². The number of nitrogens with zero attached hydrogens (tertiary/aromatic N) is 2. The Morgan fingerprint density at radius 2 is 2.11 bits per heavy atom. The van der Waals surface area contributed by atoms with Crippen LogP contribution in [0.5, 0.6) is 0 Å². The number of guanidine groups is 1. The molecular formula is C15H25N3S. The number of benzene rings is 1. The number of aryl methyl sites for hydroxylation is 1. The lowest BCUT2D eigenvalue weighted by Gasteiger charge is -2.23. The van der Waals surface area contributed by atoms with Gasteiger partial charge in [-0.2, -0.15) is 11.8 Å². The highest BCUT2D eigenvalue weighted by atomic mass is 32.2. The number of hydrogen-bond acceptors (Lipinski definition) is 2. The molecule has 106 valence electrons. The van der Waals surface area contributed by atoms with Crippen molar-refractivity contribution in [3.63, 3.8) is 0 Å². The average Bonchev–Trinajstić information content (AvgIpc) is 2.41. The Morgan fingerprint density at radius 1 is 1.37 bits per heavy atom. The van der Waals surface area contributed by atoms with E-state index in [4.69, 9.17) is 0 Å². The molecule has 0 aliphatic rings. The van der Waals surface area contributed by atoms with E-state index in [1.807, 2.05) is 18.8 Å². The summed E-state index contributed by atoms with van der Waals surface area (Å²) in [6.45, 7) is 4.01. The van der Waals surface area contributed by atoms with Gasteiger partial charge in [0.05, 0.1) is 0 Å². The number of hydrogen-bond donors (Lipinski definition) is 1. The molecule has 1 N–H and O–H groups in total. The van der Waals surface area contributed by atoms with Gasteiger partial charge in [-0.1, -0.05) is 24.3 Å². The molecular weight excluding hydrogens is 254 g/mol. The van der Waals surface area contributed by atoms with E-state index < -0.39 is 0 Å². The van der Waals surface area contributed by atoms with E-state index in [1.165, 1.54) is 23.3 Å². The van der Waals surface area contributed by atoms with Gasteiger partial charge in [0.25, 0.3) is 0 Å². The highest BCUT2D eigenvalue weighted by Gasteiger charge is 2.07. The molecule has 19 heavy (non-hydrogen) atoms. The van der Waals surface area contributed by atoms with Gasteiger partial charge < -0.3 is 10.2 Å². The fourth-order valence-electron chi connectivity index (χ4n) is 1.92. The van der Waals surface area contributed by atoms with Gasteiger partial charge in [0, 0.05) is 27.2 Å². The SMILES string of the molecule is CN=C(NCCCSC)N(C)Cc1ccccc1C. The fourth-order valence-corrected chi connectivity index (χ4v) is 2.35. The van der Waals surface area contributed by atoms with Crippen LogP contribution < -0.4 is 5.32 Å². The van der Waals surface area contributed by atoms with Crippen LogP contribution in [0.1, 0.15) is 17.5 Å². The lowest BCUT2D eigenvalue weighted by atomic mass is 10.1. The van der Waals surface area contributed by atoms with Crippen LogP contribution in [-0.2, 0) is 6.54 Å². The Hall–Kier alpha value is -1.16. The van der Waals surface area contributed by atoms with E-state index >= 15 is 0 Å². The van der Waals surface area contributed by atoms with Crippen molar-refractivity contribution in [3.8, 4) is 0 Å². The van der Waals surface area contributed by atoms with Crippen molar-refractivity contribution in [1.82, 2.24) is 10.2 Å². The summed E-state index contributed by atoms with van der Waals surface area (Å²) in [6, 6.07) is 8.49. The number of thioether (sulfide) groups is 1. The first kappa shape index (κ1) is 15.9. The Bertz CT molecular complexity index is 404. The molecule has 0 saturated heterocycles. The molecule has 1 aromatic rings. The number of aliphatic imine (C=N–C) groups is 1. The van der Waals surface area contributed by atoms with Crippen LogP contribution >= 0.6 is 11.8 Å². The molecule has 0 aliphatic heterocycles. The monoisotopic (exact) mass is 279 g/mol. The average molecular weight is 279 g/mol. The summed E-state index contributed by atoms with van der Waals surface area (Å²) >= 11 is 1.88. The maximum absolute atomic E-state index is 4.34. The molecule has 3 nitrogen and oxygen atoms in total. The van der Waals surface area contributed by atoms with E-state index in [9.17, 15) is 0 Å². The predicted octanol–water partition coefficient (Wildman–Crippen LogP) is 2.76. The van der Waals surface area contributed by atoms with Crippen LogP contribution in [0.2, 0.25) is 0 Å². The molecule has 0 aliphatic carbocycles. The topological polar surface area (TPSA) is 27.6 Å². The van der Waals surface area contributed by atoms with Crippen molar-refractivity contribution in [2.75, 3.05) is 32.6 Å². The zero-order chi connectivity index (χ0) is 14.1. The first-order valence-electron chi connectivity index (χ1n) is 6.64. The summed E-state index contributed by atoms with van der Waals surface area (Å²) in [5.41, 5.74) is 2.67. The number of rotatable bonds is 6. The van der Waals surface area contributed by atoms with Crippen LogP contribution in [-0.4, -0.2) is 43.5 Å². The third-order valence-corrected chi connectivity index (χ3v) is 3.75. The molecule has 1 aromatic carbocycles. The van der Waals surface area contributed by atoms with Crippen molar-refractivity contribution in [3.05, 3.63) is 35.4 Å². The lowest BCUT2D eigenvalue weighted by molar-refractivity contribution is 0.475. The second-order valence-electron chi connectivity index (χ2n) is 4.60. The van der Waals surface area contributed by atoms with E-state index in [0.717, 1.165) is 19.0 Å². The molecule has 0 atom stereocenters.